The van der Waals surface area contributed by atoms with Gasteiger partial charge in [0.1, 0.15) is 6.29 Å². The first-order chi connectivity index (χ1) is 10.3. The van der Waals surface area contributed by atoms with Gasteiger partial charge in [-0.25, -0.2) is 0 Å². The quantitative estimate of drug-likeness (QED) is 0.310. The molecule has 0 aromatic carbocycles. The third-order valence-corrected chi connectivity index (χ3v) is 4.79. The van der Waals surface area contributed by atoms with E-state index < -0.39 is 0 Å². The first-order valence-electron chi connectivity index (χ1n) is 9.04. The molecule has 1 N–H and O–H groups in total. The van der Waals surface area contributed by atoms with Crippen molar-refractivity contribution in [2.24, 2.45) is 11.8 Å². The third kappa shape index (κ3) is 8.40. The summed E-state index contributed by atoms with van der Waals surface area (Å²) in [6.45, 7) is 2.65. The van der Waals surface area contributed by atoms with Gasteiger partial charge in [0.15, 0.2) is 0 Å². The lowest BCUT2D eigenvalue weighted by Gasteiger charge is -2.23. The monoisotopic (exact) mass is 294 g/mol. The van der Waals surface area contributed by atoms with Crippen LogP contribution in [0.25, 0.3) is 0 Å². The molecule has 0 amide bonds. The van der Waals surface area contributed by atoms with Gasteiger partial charge in [0, 0.05) is 12.5 Å². The number of carbonyl (C=O) groups is 1. The lowest BCUT2D eigenvalue weighted by molar-refractivity contribution is -0.110. The number of aliphatic hydroxyl groups excluding tert-OH is 1. The second kappa shape index (κ2) is 12.0. The Balaban J connectivity index is 1.98. The van der Waals surface area contributed by atoms with E-state index in [1.54, 1.807) is 0 Å². The Labute approximate surface area is 131 Å². The SMILES string of the molecule is CC1CCC(C=O)C=C1CCCCCCCCCCCO. The summed E-state index contributed by atoms with van der Waals surface area (Å²) in [4.78, 5) is 10.9. The molecule has 0 aromatic rings. The summed E-state index contributed by atoms with van der Waals surface area (Å²) in [7, 11) is 0. The molecule has 0 radical (unpaired) electrons. The van der Waals surface area contributed by atoms with Crippen LogP contribution in [0.15, 0.2) is 11.6 Å². The molecular weight excluding hydrogens is 260 g/mol. The molecule has 21 heavy (non-hydrogen) atoms. The zero-order valence-corrected chi connectivity index (χ0v) is 13.9. The van der Waals surface area contributed by atoms with Gasteiger partial charge < -0.3 is 9.90 Å². The lowest BCUT2D eigenvalue weighted by atomic mass is 9.82. The summed E-state index contributed by atoms with van der Waals surface area (Å²) in [5, 5.41) is 8.70. The van der Waals surface area contributed by atoms with Crippen LogP contribution in [-0.2, 0) is 4.79 Å². The number of allylic oxidation sites excluding steroid dienone is 2. The smallest absolute Gasteiger partial charge is 0.126 e. The van der Waals surface area contributed by atoms with Crippen LogP contribution in [-0.4, -0.2) is 18.0 Å². The van der Waals surface area contributed by atoms with E-state index in [9.17, 15) is 4.79 Å². The van der Waals surface area contributed by atoms with Crippen LogP contribution in [0.2, 0.25) is 0 Å². The van der Waals surface area contributed by atoms with Gasteiger partial charge in [0.2, 0.25) is 0 Å². The van der Waals surface area contributed by atoms with Crippen molar-refractivity contribution in [1.29, 1.82) is 0 Å². The van der Waals surface area contributed by atoms with Crippen molar-refractivity contribution < 1.29 is 9.90 Å². The Morgan fingerprint density at radius 1 is 1.00 bits per heavy atom. The van der Waals surface area contributed by atoms with E-state index in [2.05, 4.69) is 13.0 Å². The van der Waals surface area contributed by atoms with Gasteiger partial charge in [-0.2, -0.15) is 0 Å². The zero-order chi connectivity index (χ0) is 15.3. The van der Waals surface area contributed by atoms with Gasteiger partial charge >= 0.3 is 0 Å². The fourth-order valence-corrected chi connectivity index (χ4v) is 3.27. The summed E-state index contributed by atoms with van der Waals surface area (Å²) in [5.74, 6) is 0.878. The molecule has 1 aliphatic rings. The van der Waals surface area contributed by atoms with Crippen LogP contribution >= 0.6 is 0 Å². The molecule has 0 saturated carbocycles. The van der Waals surface area contributed by atoms with Crippen molar-refractivity contribution in [3.8, 4) is 0 Å². The van der Waals surface area contributed by atoms with Crippen molar-refractivity contribution in [3.05, 3.63) is 11.6 Å². The average Bonchev–Trinajstić information content (AvgIpc) is 2.51. The molecule has 0 saturated heterocycles. The molecule has 2 unspecified atom stereocenters. The van der Waals surface area contributed by atoms with Crippen molar-refractivity contribution in [3.63, 3.8) is 0 Å². The van der Waals surface area contributed by atoms with E-state index in [0.717, 1.165) is 19.1 Å². The molecular formula is C19H34O2. The number of hydrogen-bond acceptors (Lipinski definition) is 2. The van der Waals surface area contributed by atoms with Gasteiger partial charge in [-0.1, -0.05) is 63.5 Å². The van der Waals surface area contributed by atoms with Crippen LogP contribution in [0.5, 0.6) is 0 Å². The normalized spacial score (nSPS) is 22.1. The van der Waals surface area contributed by atoms with Crippen LogP contribution in [0.3, 0.4) is 0 Å². The van der Waals surface area contributed by atoms with E-state index in [1.165, 1.54) is 69.8 Å². The molecule has 2 nitrogen and oxygen atoms in total. The summed E-state index contributed by atoms with van der Waals surface area (Å²) in [6, 6.07) is 0. The predicted octanol–water partition coefficient (Wildman–Crippen LogP) is 5.05. The number of unbranched alkanes of at least 4 members (excludes halogenated alkanes) is 8. The number of carbonyl (C=O) groups excluding carboxylic acids is 1. The highest BCUT2D eigenvalue weighted by Gasteiger charge is 2.18. The first-order valence-corrected chi connectivity index (χ1v) is 9.04. The molecule has 2 heteroatoms. The molecule has 0 spiro atoms. The maximum absolute atomic E-state index is 10.9. The van der Waals surface area contributed by atoms with Crippen molar-refractivity contribution in [1.82, 2.24) is 0 Å². The van der Waals surface area contributed by atoms with E-state index in [0.29, 0.717) is 12.5 Å². The van der Waals surface area contributed by atoms with Crippen LogP contribution < -0.4 is 0 Å². The second-order valence-corrected chi connectivity index (χ2v) is 6.68. The Bertz CT molecular complexity index is 296. The fraction of sp³-hybridized carbons (Fsp3) is 0.842. The Morgan fingerprint density at radius 2 is 1.57 bits per heavy atom. The molecule has 2 atom stereocenters. The fourth-order valence-electron chi connectivity index (χ4n) is 3.27. The lowest BCUT2D eigenvalue weighted by Crippen LogP contribution is -2.12. The number of aldehydes is 1. The third-order valence-electron chi connectivity index (χ3n) is 4.79. The van der Waals surface area contributed by atoms with E-state index in [4.69, 9.17) is 5.11 Å². The van der Waals surface area contributed by atoms with Gasteiger partial charge in [-0.05, 0) is 38.0 Å². The average molecular weight is 294 g/mol. The Hall–Kier alpha value is -0.630. The minimum atomic E-state index is 0.190. The highest BCUT2D eigenvalue weighted by atomic mass is 16.2. The Kier molecular flexibility index (Phi) is 10.5. The minimum Gasteiger partial charge on any atom is -0.396 e. The standard InChI is InChI=1S/C19H34O2/c1-17-12-13-18(16-21)15-19(17)11-9-7-5-3-2-4-6-8-10-14-20/h15-18,20H,2-14H2,1H3. The second-order valence-electron chi connectivity index (χ2n) is 6.68. The summed E-state index contributed by atoms with van der Waals surface area (Å²) >= 11 is 0. The summed E-state index contributed by atoms with van der Waals surface area (Å²) in [6.07, 6.45) is 18.2. The van der Waals surface area contributed by atoms with Crippen LogP contribution in [0, 0.1) is 11.8 Å². The molecule has 0 heterocycles. The molecule has 0 aliphatic heterocycles. The number of aliphatic hydroxyl groups is 1. The Morgan fingerprint density at radius 3 is 2.14 bits per heavy atom. The van der Waals surface area contributed by atoms with E-state index in [1.807, 2.05) is 0 Å². The van der Waals surface area contributed by atoms with Crippen molar-refractivity contribution in [2.75, 3.05) is 6.61 Å². The summed E-state index contributed by atoms with van der Waals surface area (Å²) in [5.41, 5.74) is 1.53. The molecule has 0 bridgehead atoms. The maximum Gasteiger partial charge on any atom is 0.126 e. The number of hydrogen-bond donors (Lipinski definition) is 1. The van der Waals surface area contributed by atoms with Crippen LogP contribution in [0.1, 0.15) is 84.0 Å². The van der Waals surface area contributed by atoms with Gasteiger partial charge in [-0.15, -0.1) is 0 Å². The molecule has 0 aromatic heterocycles. The molecule has 0 fully saturated rings. The van der Waals surface area contributed by atoms with Crippen molar-refractivity contribution >= 4 is 6.29 Å². The largest absolute Gasteiger partial charge is 0.396 e. The van der Waals surface area contributed by atoms with E-state index >= 15 is 0 Å². The minimum absolute atomic E-state index is 0.190. The highest BCUT2D eigenvalue weighted by molar-refractivity contribution is 5.57. The molecule has 1 aliphatic carbocycles. The van der Waals surface area contributed by atoms with E-state index in [-0.39, 0.29) is 5.92 Å². The van der Waals surface area contributed by atoms with Gasteiger partial charge in [-0.3, -0.25) is 0 Å². The maximum atomic E-state index is 10.9. The van der Waals surface area contributed by atoms with Crippen LogP contribution in [0.4, 0.5) is 0 Å². The van der Waals surface area contributed by atoms with Gasteiger partial charge in [0.25, 0.3) is 0 Å². The topological polar surface area (TPSA) is 37.3 Å². The highest BCUT2D eigenvalue weighted by Crippen LogP contribution is 2.30. The van der Waals surface area contributed by atoms with Crippen molar-refractivity contribution in [2.45, 2.75) is 84.0 Å². The van der Waals surface area contributed by atoms with Gasteiger partial charge in [0.05, 0.1) is 0 Å². The first kappa shape index (κ1) is 18.4. The summed E-state index contributed by atoms with van der Waals surface area (Å²) < 4.78 is 0. The predicted molar refractivity (Wildman–Crippen MR) is 89.3 cm³/mol. The molecule has 1 rings (SSSR count). The molecule has 122 valence electrons. The number of rotatable bonds is 12. The zero-order valence-electron chi connectivity index (χ0n) is 13.9.